The molecular formula is C15H14ClFN2O2. The monoisotopic (exact) mass is 308 g/mol. The first-order valence-corrected chi connectivity index (χ1v) is 6.69. The van der Waals surface area contributed by atoms with Gasteiger partial charge in [0.15, 0.2) is 11.6 Å². The highest BCUT2D eigenvalue weighted by molar-refractivity contribution is 6.32. The average Bonchev–Trinajstić information content (AvgIpc) is 2.79. The lowest BCUT2D eigenvalue weighted by Crippen LogP contribution is -2.02. The molecule has 1 aromatic heterocycles. The summed E-state index contributed by atoms with van der Waals surface area (Å²) >= 11 is 5.92. The minimum absolute atomic E-state index is 0.0487. The van der Waals surface area contributed by atoms with Crippen molar-refractivity contribution in [2.75, 3.05) is 13.2 Å². The van der Waals surface area contributed by atoms with Gasteiger partial charge in [-0.2, -0.15) is 5.10 Å². The van der Waals surface area contributed by atoms with Crippen molar-refractivity contribution in [2.24, 2.45) is 0 Å². The first-order chi connectivity index (χ1) is 10.1. The van der Waals surface area contributed by atoms with E-state index in [4.69, 9.17) is 27.5 Å². The number of aromatic nitrogens is 2. The van der Waals surface area contributed by atoms with Crippen LogP contribution in [-0.2, 0) is 0 Å². The molecule has 0 aliphatic heterocycles. The van der Waals surface area contributed by atoms with Crippen LogP contribution in [0.5, 0.6) is 11.5 Å². The predicted molar refractivity (Wildman–Crippen MR) is 78.8 cm³/mol. The molecule has 0 unspecified atom stereocenters. The number of halogens is 2. The molecule has 1 aromatic carbocycles. The second-order valence-corrected chi connectivity index (χ2v) is 4.59. The summed E-state index contributed by atoms with van der Waals surface area (Å²) in [5, 5.41) is 4.38. The van der Waals surface area contributed by atoms with Gasteiger partial charge in [-0.3, -0.25) is 0 Å². The zero-order valence-electron chi connectivity index (χ0n) is 11.7. The molecule has 2 aromatic rings. The van der Waals surface area contributed by atoms with E-state index in [9.17, 15) is 4.39 Å². The van der Waals surface area contributed by atoms with Crippen LogP contribution in [0.1, 0.15) is 12.6 Å². The number of nitrogens with zero attached hydrogens (tertiary/aromatic N) is 2. The molecular weight excluding hydrogens is 295 g/mol. The molecule has 0 radical (unpaired) electrons. The summed E-state index contributed by atoms with van der Waals surface area (Å²) in [4.78, 5) is 0. The average molecular weight is 309 g/mol. The van der Waals surface area contributed by atoms with Crippen LogP contribution in [0.25, 0.3) is 5.69 Å². The molecule has 2 rings (SSSR count). The van der Waals surface area contributed by atoms with E-state index >= 15 is 0 Å². The highest BCUT2D eigenvalue weighted by Crippen LogP contribution is 2.30. The normalized spacial score (nSPS) is 10.2. The Morgan fingerprint density at radius 3 is 2.81 bits per heavy atom. The molecule has 0 aliphatic rings. The maximum atomic E-state index is 14.1. The van der Waals surface area contributed by atoms with Crippen molar-refractivity contribution in [3.05, 3.63) is 34.9 Å². The zero-order chi connectivity index (χ0) is 15.4. The molecule has 0 bridgehead atoms. The largest absolute Gasteiger partial charge is 0.490 e. The van der Waals surface area contributed by atoms with Gasteiger partial charge in [-0.15, -0.1) is 6.42 Å². The molecule has 0 saturated heterocycles. The van der Waals surface area contributed by atoms with Crippen LogP contribution in [0.4, 0.5) is 4.39 Å². The van der Waals surface area contributed by atoms with Gasteiger partial charge in [-0.05, 0) is 19.9 Å². The first-order valence-electron chi connectivity index (χ1n) is 6.31. The van der Waals surface area contributed by atoms with Crippen molar-refractivity contribution in [1.82, 2.24) is 9.78 Å². The number of hydrogen-bond donors (Lipinski definition) is 0. The van der Waals surface area contributed by atoms with Gasteiger partial charge in [0.05, 0.1) is 17.8 Å². The first kappa shape index (κ1) is 15.2. The van der Waals surface area contributed by atoms with Gasteiger partial charge in [-0.25, -0.2) is 9.07 Å². The van der Waals surface area contributed by atoms with Gasteiger partial charge in [0.1, 0.15) is 23.7 Å². The van der Waals surface area contributed by atoms with Crippen LogP contribution in [0.2, 0.25) is 5.02 Å². The molecule has 0 amide bonds. The third kappa shape index (κ3) is 3.29. The summed E-state index contributed by atoms with van der Waals surface area (Å²) in [7, 11) is 0. The van der Waals surface area contributed by atoms with Crippen LogP contribution in [-0.4, -0.2) is 23.0 Å². The van der Waals surface area contributed by atoms with Crippen molar-refractivity contribution < 1.29 is 13.9 Å². The quantitative estimate of drug-likeness (QED) is 0.794. The Labute approximate surface area is 127 Å². The molecule has 4 nitrogen and oxygen atoms in total. The third-order valence-corrected chi connectivity index (χ3v) is 3.01. The fourth-order valence-corrected chi connectivity index (χ4v) is 1.99. The lowest BCUT2D eigenvalue weighted by atomic mass is 10.3. The molecule has 0 aliphatic carbocycles. The van der Waals surface area contributed by atoms with Crippen LogP contribution < -0.4 is 9.47 Å². The van der Waals surface area contributed by atoms with Crippen LogP contribution in [0, 0.1) is 25.1 Å². The van der Waals surface area contributed by atoms with Gasteiger partial charge >= 0.3 is 0 Å². The van der Waals surface area contributed by atoms with Crippen molar-refractivity contribution in [2.45, 2.75) is 13.8 Å². The number of ether oxygens (including phenoxy) is 2. The molecule has 110 valence electrons. The maximum absolute atomic E-state index is 14.1. The molecule has 1 heterocycles. The van der Waals surface area contributed by atoms with Crippen molar-refractivity contribution in [1.29, 1.82) is 0 Å². The lowest BCUT2D eigenvalue weighted by Gasteiger charge is -2.09. The van der Waals surface area contributed by atoms with Crippen molar-refractivity contribution in [3.8, 4) is 29.5 Å². The number of rotatable bonds is 5. The number of aryl methyl sites for hydroxylation is 1. The standard InChI is InChI=1S/C15H14ClFN2O2/c1-4-6-21-14-8-13(12(17)7-11(14)16)19-9-15(20-5-2)10(3)18-19/h1,7-9H,5-6H2,2-3H3. The van der Waals surface area contributed by atoms with E-state index < -0.39 is 5.82 Å². The van der Waals surface area contributed by atoms with Crippen molar-refractivity contribution >= 4 is 11.6 Å². The van der Waals surface area contributed by atoms with Gasteiger partial charge in [-0.1, -0.05) is 17.5 Å². The zero-order valence-corrected chi connectivity index (χ0v) is 12.4. The highest BCUT2D eigenvalue weighted by atomic mass is 35.5. The van der Waals surface area contributed by atoms with Crippen molar-refractivity contribution in [3.63, 3.8) is 0 Å². The fourth-order valence-electron chi connectivity index (χ4n) is 1.79. The second kappa shape index (κ2) is 6.51. The molecule has 0 spiro atoms. The number of hydrogen-bond acceptors (Lipinski definition) is 3. The van der Waals surface area contributed by atoms with Gasteiger partial charge < -0.3 is 9.47 Å². The Balaban J connectivity index is 2.43. The van der Waals surface area contributed by atoms with Crippen LogP contribution in [0.15, 0.2) is 18.3 Å². The van der Waals surface area contributed by atoms with E-state index in [0.717, 1.165) is 0 Å². The summed E-state index contributed by atoms with van der Waals surface area (Å²) in [6, 6.07) is 2.62. The predicted octanol–water partition coefficient (Wildman–Crippen LogP) is 3.38. The Bertz CT molecular complexity index is 692. The lowest BCUT2D eigenvalue weighted by molar-refractivity contribution is 0.338. The Morgan fingerprint density at radius 1 is 1.38 bits per heavy atom. The maximum Gasteiger partial charge on any atom is 0.160 e. The molecule has 6 heteroatoms. The van der Waals surface area contributed by atoms with Crippen LogP contribution in [0.3, 0.4) is 0 Å². The van der Waals surface area contributed by atoms with E-state index in [0.29, 0.717) is 23.8 Å². The Morgan fingerprint density at radius 2 is 2.14 bits per heavy atom. The minimum Gasteiger partial charge on any atom is -0.490 e. The summed E-state index contributed by atoms with van der Waals surface area (Å²) in [5.74, 6) is 2.71. The topological polar surface area (TPSA) is 36.3 Å². The van der Waals surface area contributed by atoms with E-state index in [1.54, 1.807) is 13.1 Å². The number of terminal acetylenes is 1. The summed E-state index contributed by atoms with van der Waals surface area (Å²) < 4.78 is 26.2. The SMILES string of the molecule is C#CCOc1cc(-n2cc(OCC)c(C)n2)c(F)cc1Cl. The summed E-state index contributed by atoms with van der Waals surface area (Å²) in [6.07, 6.45) is 6.74. The molecule has 0 atom stereocenters. The van der Waals surface area contributed by atoms with E-state index in [2.05, 4.69) is 11.0 Å². The van der Waals surface area contributed by atoms with Gasteiger partial charge in [0.2, 0.25) is 0 Å². The second-order valence-electron chi connectivity index (χ2n) is 4.18. The summed E-state index contributed by atoms with van der Waals surface area (Å²) in [6.45, 7) is 4.20. The van der Waals surface area contributed by atoms with E-state index in [-0.39, 0.29) is 17.3 Å². The Kier molecular flexibility index (Phi) is 4.71. The highest BCUT2D eigenvalue weighted by Gasteiger charge is 2.14. The van der Waals surface area contributed by atoms with Crippen LogP contribution >= 0.6 is 11.6 Å². The summed E-state index contributed by atoms with van der Waals surface area (Å²) in [5.41, 5.74) is 0.873. The molecule has 0 saturated carbocycles. The number of benzene rings is 1. The molecule has 0 N–H and O–H groups in total. The Hall–Kier alpha value is -2.19. The fraction of sp³-hybridized carbons (Fsp3) is 0.267. The smallest absolute Gasteiger partial charge is 0.160 e. The molecule has 0 fully saturated rings. The van der Waals surface area contributed by atoms with Gasteiger partial charge in [0.25, 0.3) is 0 Å². The van der Waals surface area contributed by atoms with E-state index in [1.165, 1.54) is 16.8 Å². The van der Waals surface area contributed by atoms with E-state index in [1.807, 2.05) is 6.92 Å². The van der Waals surface area contributed by atoms with Gasteiger partial charge in [0, 0.05) is 6.07 Å². The molecule has 21 heavy (non-hydrogen) atoms. The third-order valence-electron chi connectivity index (χ3n) is 2.71. The minimum atomic E-state index is -0.515.